The highest BCUT2D eigenvalue weighted by Gasteiger charge is 2.12. The predicted molar refractivity (Wildman–Crippen MR) is 75.9 cm³/mol. The number of rotatable bonds is 2. The number of nitrogens with one attached hydrogen (secondary N) is 2. The second-order valence-corrected chi connectivity index (χ2v) is 4.70. The second kappa shape index (κ2) is 5.28. The first kappa shape index (κ1) is 13.4. The minimum absolute atomic E-state index is 0.00611. The molecule has 1 aromatic carbocycles. The number of hydrogen-bond donors (Lipinski definition) is 2. The zero-order valence-corrected chi connectivity index (χ0v) is 11.3. The Morgan fingerprint density at radius 3 is 2.79 bits per heavy atom. The molecule has 0 aliphatic rings. The van der Waals surface area contributed by atoms with Crippen LogP contribution in [0.4, 0.5) is 5.69 Å². The first-order valence-corrected chi connectivity index (χ1v) is 6.12. The third-order valence-corrected chi connectivity index (χ3v) is 3.18. The molecule has 0 fully saturated rings. The van der Waals surface area contributed by atoms with E-state index in [2.05, 4.69) is 10.3 Å². The minimum atomic E-state index is -0.475. The molecule has 0 saturated heterocycles. The van der Waals surface area contributed by atoms with Crippen LogP contribution in [0.3, 0.4) is 0 Å². The molecule has 0 bridgehead atoms. The second-order valence-electron chi connectivity index (χ2n) is 4.26. The van der Waals surface area contributed by atoms with Crippen molar-refractivity contribution < 1.29 is 4.79 Å². The van der Waals surface area contributed by atoms with Crippen LogP contribution in [0.1, 0.15) is 21.5 Å². The van der Waals surface area contributed by atoms with E-state index in [1.807, 2.05) is 26.0 Å². The molecule has 0 aliphatic carbocycles. The van der Waals surface area contributed by atoms with Gasteiger partial charge in [-0.1, -0.05) is 23.7 Å². The van der Waals surface area contributed by atoms with Gasteiger partial charge >= 0.3 is 0 Å². The van der Waals surface area contributed by atoms with E-state index in [1.165, 1.54) is 12.3 Å². The lowest BCUT2D eigenvalue weighted by molar-refractivity contribution is 0.102. The Hall–Kier alpha value is -2.07. The van der Waals surface area contributed by atoms with E-state index in [0.29, 0.717) is 10.7 Å². The Kier molecular flexibility index (Phi) is 3.71. The van der Waals surface area contributed by atoms with Gasteiger partial charge in [0.25, 0.3) is 11.5 Å². The van der Waals surface area contributed by atoms with Crippen LogP contribution in [0.25, 0.3) is 0 Å². The van der Waals surface area contributed by atoms with Crippen molar-refractivity contribution in [2.45, 2.75) is 13.8 Å². The van der Waals surface area contributed by atoms with Crippen molar-refractivity contribution >= 4 is 23.2 Å². The van der Waals surface area contributed by atoms with Crippen molar-refractivity contribution in [2.24, 2.45) is 0 Å². The Bertz CT molecular complexity index is 692. The number of benzene rings is 1. The topological polar surface area (TPSA) is 62.0 Å². The molecule has 2 rings (SSSR count). The van der Waals surface area contributed by atoms with Crippen molar-refractivity contribution in [1.29, 1.82) is 0 Å². The summed E-state index contributed by atoms with van der Waals surface area (Å²) in [5.41, 5.74) is 2.25. The van der Waals surface area contributed by atoms with E-state index in [-0.39, 0.29) is 5.56 Å². The molecule has 0 saturated carbocycles. The molecule has 0 unspecified atom stereocenters. The van der Waals surface area contributed by atoms with E-state index in [4.69, 9.17) is 11.6 Å². The van der Waals surface area contributed by atoms with Crippen molar-refractivity contribution in [1.82, 2.24) is 4.98 Å². The number of carbonyl (C=O) groups excluding carboxylic acids is 1. The predicted octanol–water partition coefficient (Wildman–Crippen LogP) is 2.90. The molecule has 4 nitrogen and oxygen atoms in total. The van der Waals surface area contributed by atoms with Gasteiger partial charge in [-0.3, -0.25) is 9.59 Å². The van der Waals surface area contributed by atoms with E-state index >= 15 is 0 Å². The molecule has 0 radical (unpaired) electrons. The summed E-state index contributed by atoms with van der Waals surface area (Å²) in [6.07, 6.45) is 1.35. The van der Waals surface area contributed by atoms with Gasteiger partial charge in [0.15, 0.2) is 0 Å². The van der Waals surface area contributed by atoms with Crippen molar-refractivity contribution in [3.8, 4) is 0 Å². The summed E-state index contributed by atoms with van der Waals surface area (Å²) in [7, 11) is 0. The molecule has 2 aromatic rings. The smallest absolute Gasteiger partial charge is 0.261 e. The van der Waals surface area contributed by atoms with Crippen LogP contribution < -0.4 is 10.9 Å². The maximum absolute atomic E-state index is 12.1. The summed E-state index contributed by atoms with van der Waals surface area (Å²) in [5, 5.41) is 3.03. The molecule has 0 atom stereocenters. The Balaban J connectivity index is 2.33. The number of anilines is 1. The van der Waals surface area contributed by atoms with Crippen molar-refractivity contribution in [3.63, 3.8) is 0 Å². The highest BCUT2D eigenvalue weighted by molar-refractivity contribution is 6.30. The van der Waals surface area contributed by atoms with Crippen LogP contribution >= 0.6 is 11.6 Å². The minimum Gasteiger partial charge on any atom is -0.327 e. The Morgan fingerprint density at radius 1 is 1.32 bits per heavy atom. The molecule has 0 aliphatic heterocycles. The van der Waals surface area contributed by atoms with Gasteiger partial charge in [0.1, 0.15) is 5.56 Å². The van der Waals surface area contributed by atoms with Gasteiger partial charge in [0, 0.05) is 11.9 Å². The third-order valence-electron chi connectivity index (χ3n) is 2.97. The van der Waals surface area contributed by atoms with Gasteiger partial charge in [-0.2, -0.15) is 0 Å². The van der Waals surface area contributed by atoms with Crippen LogP contribution in [-0.4, -0.2) is 10.9 Å². The summed E-state index contributed by atoms with van der Waals surface area (Å²) >= 11 is 5.77. The van der Waals surface area contributed by atoms with Crippen LogP contribution in [0.5, 0.6) is 0 Å². The number of carbonyl (C=O) groups is 1. The average Bonchev–Trinajstić information content (AvgIpc) is 2.38. The summed E-state index contributed by atoms with van der Waals surface area (Å²) < 4.78 is 0. The summed E-state index contributed by atoms with van der Waals surface area (Å²) in [6, 6.07) is 6.94. The number of aryl methyl sites for hydroxylation is 1. The quantitative estimate of drug-likeness (QED) is 0.886. The number of halogens is 1. The number of aromatic amines is 1. The fraction of sp³-hybridized carbons (Fsp3) is 0.143. The highest BCUT2D eigenvalue weighted by Crippen LogP contribution is 2.18. The van der Waals surface area contributed by atoms with Crippen molar-refractivity contribution in [3.05, 3.63) is 62.5 Å². The monoisotopic (exact) mass is 276 g/mol. The summed E-state index contributed by atoms with van der Waals surface area (Å²) in [5.74, 6) is -0.475. The van der Waals surface area contributed by atoms with Gasteiger partial charge in [-0.05, 0) is 37.1 Å². The largest absolute Gasteiger partial charge is 0.327 e. The van der Waals surface area contributed by atoms with Gasteiger partial charge in [-0.15, -0.1) is 0 Å². The molecular formula is C14H13ClN2O2. The fourth-order valence-electron chi connectivity index (χ4n) is 1.70. The van der Waals surface area contributed by atoms with E-state index in [9.17, 15) is 9.59 Å². The van der Waals surface area contributed by atoms with Gasteiger partial charge < -0.3 is 10.3 Å². The molecular weight excluding hydrogens is 264 g/mol. The molecule has 1 heterocycles. The van der Waals surface area contributed by atoms with E-state index in [0.717, 1.165) is 11.1 Å². The standard InChI is InChI=1S/C14H13ClN2O2/c1-8-4-3-5-12(9(8)2)17-14(19)11-6-10(15)7-16-13(11)18/h3-7H,1-2H3,(H,16,18)(H,17,19). The molecule has 1 amide bonds. The maximum Gasteiger partial charge on any atom is 0.261 e. The first-order valence-electron chi connectivity index (χ1n) is 5.75. The van der Waals surface area contributed by atoms with Crippen molar-refractivity contribution in [2.75, 3.05) is 5.32 Å². The number of aromatic nitrogens is 1. The zero-order chi connectivity index (χ0) is 14.0. The van der Waals surface area contributed by atoms with Gasteiger partial charge in [0.2, 0.25) is 0 Å². The number of H-pyrrole nitrogens is 1. The van der Waals surface area contributed by atoms with Crippen LogP contribution in [0.2, 0.25) is 5.02 Å². The zero-order valence-electron chi connectivity index (χ0n) is 10.6. The SMILES string of the molecule is Cc1cccc(NC(=O)c2cc(Cl)c[nH]c2=O)c1C. The Labute approximate surface area is 115 Å². The molecule has 19 heavy (non-hydrogen) atoms. The number of pyridine rings is 1. The summed E-state index contributed by atoms with van der Waals surface area (Å²) in [6.45, 7) is 3.87. The average molecular weight is 277 g/mol. The van der Waals surface area contributed by atoms with Gasteiger partial charge in [-0.25, -0.2) is 0 Å². The van der Waals surface area contributed by atoms with Crippen LogP contribution in [0.15, 0.2) is 35.3 Å². The van der Waals surface area contributed by atoms with Crippen LogP contribution in [0, 0.1) is 13.8 Å². The number of amides is 1. The molecule has 98 valence electrons. The number of hydrogen-bond acceptors (Lipinski definition) is 2. The molecule has 1 aromatic heterocycles. The fourth-order valence-corrected chi connectivity index (χ4v) is 1.87. The highest BCUT2D eigenvalue weighted by atomic mass is 35.5. The normalized spacial score (nSPS) is 10.3. The van der Waals surface area contributed by atoms with Crippen LogP contribution in [-0.2, 0) is 0 Å². The Morgan fingerprint density at radius 2 is 2.05 bits per heavy atom. The lowest BCUT2D eigenvalue weighted by atomic mass is 10.1. The maximum atomic E-state index is 12.1. The van der Waals surface area contributed by atoms with E-state index < -0.39 is 11.5 Å². The first-order chi connectivity index (χ1) is 8.99. The molecule has 0 spiro atoms. The van der Waals surface area contributed by atoms with Gasteiger partial charge in [0.05, 0.1) is 5.02 Å². The summed E-state index contributed by atoms with van der Waals surface area (Å²) in [4.78, 5) is 26.1. The molecule has 2 N–H and O–H groups in total. The lowest BCUT2D eigenvalue weighted by Gasteiger charge is -2.10. The lowest BCUT2D eigenvalue weighted by Crippen LogP contribution is -2.23. The molecule has 5 heteroatoms. The third kappa shape index (κ3) is 2.85. The van der Waals surface area contributed by atoms with E-state index in [1.54, 1.807) is 6.07 Å².